The summed E-state index contributed by atoms with van der Waals surface area (Å²) < 4.78 is 40.1. The van der Waals surface area contributed by atoms with Gasteiger partial charge in [-0.15, -0.1) is 0 Å². The minimum absolute atomic E-state index is 0.120. The van der Waals surface area contributed by atoms with Gasteiger partial charge in [0.25, 0.3) is 0 Å². The number of halogens is 3. The van der Waals surface area contributed by atoms with E-state index in [9.17, 15) is 23.1 Å². The zero-order chi connectivity index (χ0) is 18.9. The zero-order valence-corrected chi connectivity index (χ0v) is 14.0. The van der Waals surface area contributed by atoms with Gasteiger partial charge in [-0.2, -0.15) is 13.2 Å². The Bertz CT molecular complexity index is 944. The number of carbonyl (C=O) groups is 1. The molecule has 0 saturated carbocycles. The molecule has 0 saturated heterocycles. The van der Waals surface area contributed by atoms with Crippen molar-refractivity contribution in [3.63, 3.8) is 0 Å². The third-order valence-corrected chi connectivity index (χ3v) is 4.33. The van der Waals surface area contributed by atoms with E-state index in [1.165, 1.54) is 12.1 Å². The second-order valence-electron chi connectivity index (χ2n) is 6.00. The first-order valence-electron chi connectivity index (χ1n) is 8.14. The molecule has 0 aliphatic carbocycles. The molecule has 3 rings (SSSR count). The number of nitrogens with zero attached hydrogens (tertiary/aromatic N) is 2. The summed E-state index contributed by atoms with van der Waals surface area (Å²) in [6, 6.07) is 8.55. The highest BCUT2D eigenvalue weighted by Gasteiger charge is 2.30. The average molecular weight is 362 g/mol. The van der Waals surface area contributed by atoms with Crippen LogP contribution in [0.25, 0.3) is 11.0 Å². The van der Waals surface area contributed by atoms with Crippen LogP contribution in [0.2, 0.25) is 0 Å². The number of pyridine rings is 1. The van der Waals surface area contributed by atoms with Gasteiger partial charge >= 0.3 is 12.1 Å². The molecule has 0 atom stereocenters. The maximum Gasteiger partial charge on any atom is 0.416 e. The van der Waals surface area contributed by atoms with Crippen LogP contribution in [0.3, 0.4) is 0 Å². The number of hydrogen-bond donors (Lipinski definition) is 1. The van der Waals surface area contributed by atoms with Crippen molar-refractivity contribution in [2.75, 3.05) is 0 Å². The first-order valence-corrected chi connectivity index (χ1v) is 8.14. The summed E-state index contributed by atoms with van der Waals surface area (Å²) in [5.41, 5.74) is 2.17. The zero-order valence-electron chi connectivity index (χ0n) is 14.0. The summed E-state index contributed by atoms with van der Waals surface area (Å²) in [5.74, 6) is -0.933. The topological polar surface area (TPSA) is 55.1 Å². The van der Waals surface area contributed by atoms with Crippen molar-refractivity contribution in [1.82, 2.24) is 9.55 Å². The lowest BCUT2D eigenvalue weighted by atomic mass is 10.1. The van der Waals surface area contributed by atoms with Gasteiger partial charge in [0.2, 0.25) is 0 Å². The number of hydrogen-bond acceptors (Lipinski definition) is 2. The van der Waals surface area contributed by atoms with Gasteiger partial charge in [0.05, 0.1) is 12.0 Å². The third-order valence-electron chi connectivity index (χ3n) is 4.33. The van der Waals surface area contributed by atoms with Gasteiger partial charge in [-0.25, -0.2) is 4.98 Å². The van der Waals surface area contributed by atoms with Crippen LogP contribution in [-0.2, 0) is 30.4 Å². The Hall–Kier alpha value is -2.83. The number of aromatic nitrogens is 2. The van der Waals surface area contributed by atoms with Gasteiger partial charge in [0.15, 0.2) is 0 Å². The Kier molecular flexibility index (Phi) is 4.71. The molecular formula is C19H17F3N2O2. The van der Waals surface area contributed by atoms with Crippen LogP contribution < -0.4 is 0 Å². The number of fused-ring (bicyclic) bond motifs is 1. The fraction of sp³-hybridized carbons (Fsp3) is 0.263. The molecule has 1 aromatic carbocycles. The van der Waals surface area contributed by atoms with E-state index in [-0.39, 0.29) is 6.42 Å². The molecule has 0 aliphatic heterocycles. The molecule has 136 valence electrons. The van der Waals surface area contributed by atoms with Gasteiger partial charge in [0.1, 0.15) is 5.65 Å². The van der Waals surface area contributed by atoms with Gasteiger partial charge < -0.3 is 9.67 Å². The maximum absolute atomic E-state index is 12.7. The van der Waals surface area contributed by atoms with Crippen molar-refractivity contribution in [1.29, 1.82) is 0 Å². The van der Waals surface area contributed by atoms with Crippen LogP contribution >= 0.6 is 0 Å². The Balaban J connectivity index is 2.06. The van der Waals surface area contributed by atoms with Crippen LogP contribution in [0.15, 0.2) is 42.6 Å². The minimum Gasteiger partial charge on any atom is -0.481 e. The molecule has 0 amide bonds. The summed E-state index contributed by atoms with van der Waals surface area (Å²) in [6.45, 7) is 2.25. The van der Waals surface area contributed by atoms with Crippen LogP contribution in [-0.4, -0.2) is 20.6 Å². The molecule has 4 nitrogen and oxygen atoms in total. The molecule has 2 heterocycles. The van der Waals surface area contributed by atoms with Crippen molar-refractivity contribution in [3.8, 4) is 0 Å². The van der Waals surface area contributed by atoms with Crippen LogP contribution in [0.5, 0.6) is 0 Å². The molecule has 0 bridgehead atoms. The predicted octanol–water partition coefficient (Wildman–Crippen LogP) is 4.29. The largest absolute Gasteiger partial charge is 0.481 e. The monoisotopic (exact) mass is 362 g/mol. The number of carboxylic acids is 1. The highest BCUT2D eigenvalue weighted by atomic mass is 19.4. The van der Waals surface area contributed by atoms with Crippen LogP contribution in [0.1, 0.15) is 29.3 Å². The fourth-order valence-electron chi connectivity index (χ4n) is 3.20. The Labute approximate surface area is 147 Å². The van der Waals surface area contributed by atoms with E-state index in [0.29, 0.717) is 29.7 Å². The van der Waals surface area contributed by atoms with Crippen LogP contribution in [0, 0.1) is 0 Å². The number of benzene rings is 1. The number of rotatable bonds is 5. The van der Waals surface area contributed by atoms with Crippen molar-refractivity contribution < 1.29 is 23.1 Å². The molecular weight excluding hydrogens is 345 g/mol. The van der Waals surface area contributed by atoms with Crippen LogP contribution in [0.4, 0.5) is 13.2 Å². The van der Waals surface area contributed by atoms with Crippen molar-refractivity contribution in [2.24, 2.45) is 0 Å². The van der Waals surface area contributed by atoms with E-state index < -0.39 is 17.7 Å². The van der Waals surface area contributed by atoms with Gasteiger partial charge in [-0.05, 0) is 41.8 Å². The van der Waals surface area contributed by atoms with E-state index in [4.69, 9.17) is 0 Å². The second kappa shape index (κ2) is 6.82. The summed E-state index contributed by atoms with van der Waals surface area (Å²) in [4.78, 5) is 15.6. The fourth-order valence-corrected chi connectivity index (χ4v) is 3.20. The Morgan fingerprint density at radius 2 is 1.88 bits per heavy atom. The van der Waals surface area contributed by atoms with Gasteiger partial charge in [-0.3, -0.25) is 4.79 Å². The first kappa shape index (κ1) is 18.0. The Morgan fingerprint density at radius 1 is 1.19 bits per heavy atom. The average Bonchev–Trinajstić information content (AvgIpc) is 2.87. The smallest absolute Gasteiger partial charge is 0.416 e. The summed E-state index contributed by atoms with van der Waals surface area (Å²) in [7, 11) is 0. The first-order chi connectivity index (χ1) is 12.3. The normalized spacial score (nSPS) is 11.8. The lowest BCUT2D eigenvalue weighted by Gasteiger charge is -2.12. The number of carboxylic acid groups (broad SMARTS) is 1. The highest BCUT2D eigenvalue weighted by Crippen LogP contribution is 2.30. The molecule has 0 fully saturated rings. The van der Waals surface area contributed by atoms with E-state index in [0.717, 1.165) is 23.2 Å². The number of alkyl halides is 3. The SMILES string of the molecule is CCc1c(CC(=O)O)c2cccnc2n1Cc1ccc(C(F)(F)F)cc1. The van der Waals surface area contributed by atoms with Crippen molar-refractivity contribution in [2.45, 2.75) is 32.5 Å². The molecule has 0 aliphatic rings. The van der Waals surface area contributed by atoms with Gasteiger partial charge in [-0.1, -0.05) is 19.1 Å². The molecule has 26 heavy (non-hydrogen) atoms. The molecule has 0 unspecified atom stereocenters. The van der Waals surface area contributed by atoms with E-state index in [2.05, 4.69) is 4.98 Å². The molecule has 2 aromatic heterocycles. The standard InChI is InChI=1S/C19H17F3N2O2/c1-2-16-15(10-17(25)26)14-4-3-9-23-18(14)24(16)11-12-5-7-13(8-6-12)19(20,21)22/h3-9H,2,10-11H2,1H3,(H,25,26). The van der Waals surface area contributed by atoms with Crippen molar-refractivity contribution >= 4 is 17.0 Å². The summed E-state index contributed by atoms with van der Waals surface area (Å²) in [5, 5.41) is 9.98. The lowest BCUT2D eigenvalue weighted by molar-refractivity contribution is -0.138. The molecule has 1 N–H and O–H groups in total. The highest BCUT2D eigenvalue weighted by molar-refractivity contribution is 5.86. The summed E-state index contributed by atoms with van der Waals surface area (Å²) in [6.07, 6.45) is -2.27. The molecule has 3 aromatic rings. The molecule has 0 radical (unpaired) electrons. The van der Waals surface area contributed by atoms with E-state index >= 15 is 0 Å². The quantitative estimate of drug-likeness (QED) is 0.737. The van der Waals surface area contributed by atoms with Crippen molar-refractivity contribution in [3.05, 3.63) is 65.0 Å². The lowest BCUT2D eigenvalue weighted by Crippen LogP contribution is -2.09. The minimum atomic E-state index is -4.37. The predicted molar refractivity (Wildman–Crippen MR) is 91.0 cm³/mol. The third kappa shape index (κ3) is 3.42. The van der Waals surface area contributed by atoms with Gasteiger partial charge in [0, 0.05) is 23.8 Å². The number of aliphatic carboxylic acids is 1. The van der Waals surface area contributed by atoms with E-state index in [1.54, 1.807) is 12.3 Å². The maximum atomic E-state index is 12.7. The second-order valence-corrected chi connectivity index (χ2v) is 6.00. The van der Waals surface area contributed by atoms with E-state index in [1.807, 2.05) is 17.6 Å². The molecule has 7 heteroatoms. The molecule has 0 spiro atoms. The Morgan fingerprint density at radius 3 is 2.46 bits per heavy atom. The summed E-state index contributed by atoms with van der Waals surface area (Å²) >= 11 is 0.